The molecule has 11 heteroatoms. The van der Waals surface area contributed by atoms with Crippen LogP contribution in [-0.2, 0) is 21.1 Å². The molecule has 0 aliphatic carbocycles. The smallest absolute Gasteiger partial charge is 0.247 e. The monoisotopic (exact) mass is 559 g/mol. The van der Waals surface area contributed by atoms with Crippen LogP contribution in [0.3, 0.4) is 0 Å². The van der Waals surface area contributed by atoms with Crippen LogP contribution in [0.2, 0.25) is 0 Å². The molecule has 0 bridgehead atoms. The summed E-state index contributed by atoms with van der Waals surface area (Å²) in [6.07, 6.45) is 3.13. The molecule has 3 N–H and O–H groups in total. The number of Topliss-reactive ketones (excluding diaryl/α,β-unsaturated/α-hetero) is 1. The molecule has 0 saturated carbocycles. The van der Waals surface area contributed by atoms with Crippen LogP contribution in [-0.4, -0.2) is 42.2 Å². The van der Waals surface area contributed by atoms with Crippen LogP contribution < -0.4 is 15.8 Å². The van der Waals surface area contributed by atoms with Gasteiger partial charge < -0.3 is 15.8 Å². The first kappa shape index (κ1) is 27.0. The number of hydrogen-bond donors (Lipinski definition) is 2. The standard InChI is InChI=1S/C29H26FN5O4S/c1-39-26-16-23(40(2,37)38)12-13-24(26)32-29-33-27-14-9-21(17-35(27)34-29)19-5-3-18(4-6-19)15-25(36)28(31)20-7-10-22(30)11-8-20/h3-14,16-17,28H,15,31H2,1-2H3,(H,32,34)/t28-/m1/s1. The van der Waals surface area contributed by atoms with E-state index in [0.29, 0.717) is 28.6 Å². The minimum Gasteiger partial charge on any atom is -0.495 e. The Hall–Kier alpha value is -4.61. The Morgan fingerprint density at radius 3 is 2.40 bits per heavy atom. The summed E-state index contributed by atoms with van der Waals surface area (Å²) in [6.45, 7) is 0. The van der Waals surface area contributed by atoms with Crippen molar-refractivity contribution in [3.8, 4) is 16.9 Å². The first-order valence-corrected chi connectivity index (χ1v) is 14.1. The minimum atomic E-state index is -3.38. The summed E-state index contributed by atoms with van der Waals surface area (Å²) in [4.78, 5) is 17.3. The number of ketones is 1. The van der Waals surface area contributed by atoms with Crippen LogP contribution in [0.1, 0.15) is 17.2 Å². The van der Waals surface area contributed by atoms with Crippen LogP contribution in [0.15, 0.2) is 90.0 Å². The first-order chi connectivity index (χ1) is 19.1. The molecule has 40 heavy (non-hydrogen) atoms. The predicted molar refractivity (Wildman–Crippen MR) is 150 cm³/mol. The van der Waals surface area contributed by atoms with Gasteiger partial charge in [0.15, 0.2) is 21.3 Å². The van der Waals surface area contributed by atoms with Crippen LogP contribution >= 0.6 is 0 Å². The lowest BCUT2D eigenvalue weighted by molar-refractivity contribution is -0.119. The van der Waals surface area contributed by atoms with Crippen molar-refractivity contribution >= 4 is 32.9 Å². The Labute approximate surface area is 230 Å². The van der Waals surface area contributed by atoms with Gasteiger partial charge in [-0.15, -0.1) is 5.10 Å². The number of hydrogen-bond acceptors (Lipinski definition) is 8. The van der Waals surface area contributed by atoms with Crippen molar-refractivity contribution in [1.82, 2.24) is 14.6 Å². The lowest BCUT2D eigenvalue weighted by Gasteiger charge is -2.11. The number of sulfone groups is 1. The molecule has 0 unspecified atom stereocenters. The molecule has 5 aromatic rings. The SMILES string of the molecule is COc1cc(S(C)(=O)=O)ccc1Nc1nc2ccc(-c3ccc(CC(=O)[C@H](N)c4ccc(F)cc4)cc3)cn2n1. The van der Waals surface area contributed by atoms with Gasteiger partial charge in [0.2, 0.25) is 5.95 Å². The van der Waals surface area contributed by atoms with E-state index in [1.54, 1.807) is 10.6 Å². The van der Waals surface area contributed by atoms with E-state index in [-0.39, 0.29) is 22.9 Å². The second-order valence-electron chi connectivity index (χ2n) is 9.28. The maximum atomic E-state index is 13.2. The van der Waals surface area contributed by atoms with Crippen molar-refractivity contribution in [2.75, 3.05) is 18.7 Å². The summed E-state index contributed by atoms with van der Waals surface area (Å²) in [5.41, 5.74) is 10.4. The second-order valence-corrected chi connectivity index (χ2v) is 11.3. The molecule has 204 valence electrons. The van der Waals surface area contributed by atoms with E-state index < -0.39 is 15.9 Å². The van der Waals surface area contributed by atoms with Gasteiger partial charge >= 0.3 is 0 Å². The highest BCUT2D eigenvalue weighted by molar-refractivity contribution is 7.90. The van der Waals surface area contributed by atoms with E-state index in [1.165, 1.54) is 43.5 Å². The molecule has 0 saturated heterocycles. The third-order valence-electron chi connectivity index (χ3n) is 6.42. The summed E-state index contributed by atoms with van der Waals surface area (Å²) in [6, 6.07) is 20.6. The van der Waals surface area contributed by atoms with Gasteiger partial charge in [-0.25, -0.2) is 17.3 Å². The third kappa shape index (κ3) is 5.85. The lowest BCUT2D eigenvalue weighted by Crippen LogP contribution is -2.23. The molecule has 1 atom stereocenters. The summed E-state index contributed by atoms with van der Waals surface area (Å²) < 4.78 is 43.9. The van der Waals surface area contributed by atoms with Gasteiger partial charge in [-0.3, -0.25) is 4.79 Å². The maximum absolute atomic E-state index is 13.2. The highest BCUT2D eigenvalue weighted by Gasteiger charge is 2.17. The number of halogens is 1. The summed E-state index contributed by atoms with van der Waals surface area (Å²) in [5.74, 6) is 0.122. The molecule has 5 rings (SSSR count). The van der Waals surface area contributed by atoms with Crippen LogP contribution in [0.4, 0.5) is 16.0 Å². The first-order valence-electron chi connectivity index (χ1n) is 12.3. The van der Waals surface area contributed by atoms with Crippen molar-refractivity contribution < 1.29 is 22.3 Å². The van der Waals surface area contributed by atoms with Crippen molar-refractivity contribution in [2.24, 2.45) is 5.73 Å². The molecule has 0 radical (unpaired) electrons. The minimum absolute atomic E-state index is 0.147. The Morgan fingerprint density at radius 1 is 1.02 bits per heavy atom. The van der Waals surface area contributed by atoms with Gasteiger partial charge in [-0.05, 0) is 53.1 Å². The molecular weight excluding hydrogens is 533 g/mol. The van der Waals surface area contributed by atoms with Gasteiger partial charge in [0.1, 0.15) is 11.6 Å². The van der Waals surface area contributed by atoms with Crippen molar-refractivity contribution in [2.45, 2.75) is 17.4 Å². The fourth-order valence-electron chi connectivity index (χ4n) is 4.21. The predicted octanol–water partition coefficient (Wildman–Crippen LogP) is 4.50. The fraction of sp³-hybridized carbons (Fsp3) is 0.138. The van der Waals surface area contributed by atoms with E-state index >= 15 is 0 Å². The lowest BCUT2D eigenvalue weighted by atomic mass is 9.97. The van der Waals surface area contributed by atoms with Crippen LogP contribution in [0.5, 0.6) is 5.75 Å². The molecule has 9 nitrogen and oxygen atoms in total. The number of nitrogens with two attached hydrogens (primary N) is 1. The molecule has 0 aliphatic rings. The summed E-state index contributed by atoms with van der Waals surface area (Å²) in [7, 11) is -1.92. The van der Waals surface area contributed by atoms with Gasteiger partial charge in [0.05, 0.1) is 23.7 Å². The zero-order valence-electron chi connectivity index (χ0n) is 21.7. The van der Waals surface area contributed by atoms with Gasteiger partial charge in [0.25, 0.3) is 0 Å². The third-order valence-corrected chi connectivity index (χ3v) is 7.53. The number of nitrogens with zero attached hydrogens (tertiary/aromatic N) is 3. The zero-order valence-corrected chi connectivity index (χ0v) is 22.5. The highest BCUT2D eigenvalue weighted by atomic mass is 32.2. The van der Waals surface area contributed by atoms with E-state index in [0.717, 1.165) is 22.9 Å². The Kier molecular flexibility index (Phi) is 7.33. The van der Waals surface area contributed by atoms with Crippen molar-refractivity contribution in [1.29, 1.82) is 0 Å². The summed E-state index contributed by atoms with van der Waals surface area (Å²) >= 11 is 0. The summed E-state index contributed by atoms with van der Waals surface area (Å²) in [5, 5.41) is 7.57. The van der Waals surface area contributed by atoms with E-state index in [1.807, 2.05) is 42.6 Å². The topological polar surface area (TPSA) is 129 Å². The number of benzene rings is 3. The number of nitrogens with one attached hydrogen (secondary N) is 1. The normalized spacial score (nSPS) is 12.3. The number of aromatic nitrogens is 3. The quantitative estimate of drug-likeness (QED) is 0.270. The molecule has 3 aromatic carbocycles. The van der Waals surface area contributed by atoms with Crippen LogP contribution in [0, 0.1) is 5.82 Å². The van der Waals surface area contributed by atoms with Crippen molar-refractivity contribution in [3.05, 3.63) is 102 Å². The zero-order chi connectivity index (χ0) is 28.4. The Bertz CT molecular complexity index is 1800. The number of anilines is 2. The molecule has 0 aliphatic heterocycles. The molecule has 2 heterocycles. The molecular formula is C29H26FN5O4S. The maximum Gasteiger partial charge on any atom is 0.247 e. The average molecular weight is 560 g/mol. The number of carbonyl (C=O) groups excluding carboxylic acids is 1. The number of methoxy groups -OCH3 is 1. The van der Waals surface area contributed by atoms with Crippen molar-refractivity contribution in [3.63, 3.8) is 0 Å². The molecule has 2 aromatic heterocycles. The Morgan fingerprint density at radius 2 is 1.73 bits per heavy atom. The number of rotatable bonds is 9. The highest BCUT2D eigenvalue weighted by Crippen LogP contribution is 2.30. The number of ether oxygens (including phenoxy) is 1. The average Bonchev–Trinajstić information content (AvgIpc) is 3.34. The van der Waals surface area contributed by atoms with E-state index in [9.17, 15) is 17.6 Å². The van der Waals surface area contributed by atoms with Gasteiger partial charge in [0, 0.05) is 30.5 Å². The van der Waals surface area contributed by atoms with E-state index in [2.05, 4.69) is 15.4 Å². The number of carbonyl (C=O) groups is 1. The molecule has 0 amide bonds. The molecule has 0 fully saturated rings. The van der Waals surface area contributed by atoms with Gasteiger partial charge in [-0.2, -0.15) is 4.98 Å². The Balaban J connectivity index is 1.30. The number of fused-ring (bicyclic) bond motifs is 1. The van der Waals surface area contributed by atoms with E-state index in [4.69, 9.17) is 10.5 Å². The molecule has 0 spiro atoms. The number of pyridine rings is 1. The second kappa shape index (κ2) is 10.9. The van der Waals surface area contributed by atoms with Gasteiger partial charge in [-0.1, -0.05) is 36.4 Å². The fourth-order valence-corrected chi connectivity index (χ4v) is 4.85. The van der Waals surface area contributed by atoms with Crippen LogP contribution in [0.25, 0.3) is 16.8 Å². The largest absolute Gasteiger partial charge is 0.495 e.